The van der Waals surface area contributed by atoms with Crippen LogP contribution in [0.25, 0.3) is 0 Å². The van der Waals surface area contributed by atoms with Gasteiger partial charge < -0.3 is 14.6 Å². The minimum atomic E-state index is -1.05. The van der Waals surface area contributed by atoms with Crippen molar-refractivity contribution >= 4 is 11.9 Å². The van der Waals surface area contributed by atoms with Crippen LogP contribution in [0.15, 0.2) is 54.6 Å². The van der Waals surface area contributed by atoms with Crippen LogP contribution in [-0.2, 0) is 25.5 Å². The van der Waals surface area contributed by atoms with Crippen molar-refractivity contribution in [3.63, 3.8) is 0 Å². The third-order valence-corrected chi connectivity index (χ3v) is 4.04. The van der Waals surface area contributed by atoms with Crippen molar-refractivity contribution in [2.75, 3.05) is 13.2 Å². The standard InChI is InChI=1S/C23H24O5/c1-3-27-22(25)20(23(26)28-4-2)16-19-13-9-8-10-17(19)14-15-21(24)18-11-6-5-7-12-18/h5-13,20-21,24H,3-4,16H2,1-2H3. The fourth-order valence-corrected chi connectivity index (χ4v) is 2.65. The Morgan fingerprint density at radius 2 is 1.50 bits per heavy atom. The van der Waals surface area contributed by atoms with Gasteiger partial charge in [0.25, 0.3) is 0 Å². The monoisotopic (exact) mass is 380 g/mol. The average molecular weight is 380 g/mol. The van der Waals surface area contributed by atoms with Gasteiger partial charge in [0.15, 0.2) is 5.92 Å². The highest BCUT2D eigenvalue weighted by molar-refractivity contribution is 5.95. The molecule has 28 heavy (non-hydrogen) atoms. The van der Waals surface area contributed by atoms with Gasteiger partial charge in [-0.15, -0.1) is 0 Å². The van der Waals surface area contributed by atoms with Crippen molar-refractivity contribution < 1.29 is 24.2 Å². The first-order valence-corrected chi connectivity index (χ1v) is 9.22. The maximum Gasteiger partial charge on any atom is 0.320 e. The summed E-state index contributed by atoms with van der Waals surface area (Å²) in [4.78, 5) is 24.5. The molecule has 2 rings (SSSR count). The molecular weight excluding hydrogens is 356 g/mol. The lowest BCUT2D eigenvalue weighted by Gasteiger charge is -2.15. The Bertz CT molecular complexity index is 830. The van der Waals surface area contributed by atoms with Gasteiger partial charge in [-0.25, -0.2) is 0 Å². The fourth-order valence-electron chi connectivity index (χ4n) is 2.65. The van der Waals surface area contributed by atoms with Crippen LogP contribution in [0.4, 0.5) is 0 Å². The number of carbonyl (C=O) groups is 2. The smallest absolute Gasteiger partial charge is 0.320 e. The summed E-state index contributed by atoms with van der Waals surface area (Å²) in [6, 6.07) is 16.3. The second-order valence-corrected chi connectivity index (χ2v) is 6.00. The first-order chi connectivity index (χ1) is 13.6. The summed E-state index contributed by atoms with van der Waals surface area (Å²) in [5, 5.41) is 10.2. The normalized spacial score (nSPS) is 11.3. The van der Waals surface area contributed by atoms with Crippen LogP contribution >= 0.6 is 0 Å². The van der Waals surface area contributed by atoms with Crippen molar-refractivity contribution in [2.24, 2.45) is 5.92 Å². The molecule has 2 aromatic rings. The summed E-state index contributed by atoms with van der Waals surface area (Å²) in [6.45, 7) is 3.73. The highest BCUT2D eigenvalue weighted by Gasteiger charge is 2.30. The Morgan fingerprint density at radius 1 is 0.929 bits per heavy atom. The second-order valence-electron chi connectivity index (χ2n) is 6.00. The van der Waals surface area contributed by atoms with Crippen molar-refractivity contribution in [1.82, 2.24) is 0 Å². The third kappa shape index (κ3) is 5.97. The first kappa shape index (κ1) is 21.2. The zero-order valence-electron chi connectivity index (χ0n) is 16.1. The van der Waals surface area contributed by atoms with Crippen molar-refractivity contribution in [3.8, 4) is 11.8 Å². The first-order valence-electron chi connectivity index (χ1n) is 9.22. The predicted octanol–water partition coefficient (Wildman–Crippen LogP) is 3.06. The summed E-state index contributed by atoms with van der Waals surface area (Å²) >= 11 is 0. The minimum absolute atomic E-state index is 0.115. The van der Waals surface area contributed by atoms with Crippen LogP contribution in [0, 0.1) is 17.8 Å². The molecule has 0 bridgehead atoms. The number of esters is 2. The quantitative estimate of drug-likeness (QED) is 0.454. The van der Waals surface area contributed by atoms with Gasteiger partial charge in [-0.3, -0.25) is 9.59 Å². The van der Waals surface area contributed by atoms with E-state index in [-0.39, 0.29) is 19.6 Å². The molecule has 5 heteroatoms. The molecular formula is C23H24O5. The molecule has 0 aromatic heterocycles. The number of hydrogen-bond donors (Lipinski definition) is 1. The molecule has 0 aliphatic carbocycles. The van der Waals surface area contributed by atoms with E-state index in [1.54, 1.807) is 38.1 Å². The molecule has 0 aliphatic rings. The van der Waals surface area contributed by atoms with Gasteiger partial charge in [0.1, 0.15) is 6.10 Å². The third-order valence-electron chi connectivity index (χ3n) is 4.04. The Labute approximate surface area is 165 Å². The van der Waals surface area contributed by atoms with Gasteiger partial charge in [-0.2, -0.15) is 0 Å². The molecule has 1 unspecified atom stereocenters. The van der Waals surface area contributed by atoms with E-state index >= 15 is 0 Å². The van der Waals surface area contributed by atoms with E-state index in [9.17, 15) is 14.7 Å². The number of hydrogen-bond acceptors (Lipinski definition) is 5. The molecule has 0 saturated heterocycles. The molecule has 5 nitrogen and oxygen atoms in total. The lowest BCUT2D eigenvalue weighted by atomic mass is 9.95. The zero-order valence-corrected chi connectivity index (χ0v) is 16.1. The Balaban J connectivity index is 2.26. The molecule has 0 saturated carbocycles. The number of ether oxygens (including phenoxy) is 2. The van der Waals surface area contributed by atoms with E-state index in [1.807, 2.05) is 30.3 Å². The van der Waals surface area contributed by atoms with Crippen LogP contribution in [0.2, 0.25) is 0 Å². The predicted molar refractivity (Wildman–Crippen MR) is 105 cm³/mol. The van der Waals surface area contributed by atoms with E-state index in [2.05, 4.69) is 11.8 Å². The van der Waals surface area contributed by atoms with Gasteiger partial charge in [0.05, 0.1) is 13.2 Å². The molecule has 1 N–H and O–H groups in total. The molecule has 0 amide bonds. The topological polar surface area (TPSA) is 72.8 Å². The summed E-state index contributed by atoms with van der Waals surface area (Å²) in [5.41, 5.74) is 2.04. The molecule has 0 heterocycles. The molecule has 0 aliphatic heterocycles. The Morgan fingerprint density at radius 3 is 2.11 bits per heavy atom. The Kier molecular flexibility index (Phi) is 8.26. The summed E-state index contributed by atoms with van der Waals surface area (Å²) in [6.07, 6.45) is -0.815. The second kappa shape index (κ2) is 10.9. The SMILES string of the molecule is CCOC(=O)C(Cc1ccccc1C#CC(O)c1ccccc1)C(=O)OCC. The number of carbonyl (C=O) groups excluding carboxylic acids is 2. The highest BCUT2D eigenvalue weighted by atomic mass is 16.6. The number of rotatable bonds is 7. The van der Waals surface area contributed by atoms with Crippen LogP contribution in [0.3, 0.4) is 0 Å². The van der Waals surface area contributed by atoms with Gasteiger partial charge in [0, 0.05) is 5.56 Å². The van der Waals surface area contributed by atoms with Crippen LogP contribution in [0.5, 0.6) is 0 Å². The summed E-state index contributed by atoms with van der Waals surface area (Å²) in [7, 11) is 0. The lowest BCUT2D eigenvalue weighted by molar-refractivity contribution is -0.161. The zero-order chi connectivity index (χ0) is 20.4. The van der Waals surface area contributed by atoms with Gasteiger partial charge in [0.2, 0.25) is 0 Å². The van der Waals surface area contributed by atoms with E-state index in [4.69, 9.17) is 9.47 Å². The van der Waals surface area contributed by atoms with Crippen molar-refractivity contribution in [2.45, 2.75) is 26.4 Å². The molecule has 0 radical (unpaired) electrons. The van der Waals surface area contributed by atoms with Gasteiger partial charge in [-0.1, -0.05) is 60.4 Å². The lowest BCUT2D eigenvalue weighted by Crippen LogP contribution is -2.30. The molecule has 0 fully saturated rings. The highest BCUT2D eigenvalue weighted by Crippen LogP contribution is 2.17. The molecule has 146 valence electrons. The summed E-state index contributed by atoms with van der Waals surface area (Å²) in [5.74, 6) is 3.48. The van der Waals surface area contributed by atoms with Gasteiger partial charge in [-0.05, 0) is 37.5 Å². The van der Waals surface area contributed by atoms with Crippen molar-refractivity contribution in [1.29, 1.82) is 0 Å². The molecule has 2 aromatic carbocycles. The number of aliphatic hydroxyl groups excluding tert-OH is 1. The minimum Gasteiger partial charge on any atom is -0.465 e. The van der Waals surface area contributed by atoms with Crippen LogP contribution in [0.1, 0.15) is 36.6 Å². The van der Waals surface area contributed by atoms with Gasteiger partial charge >= 0.3 is 11.9 Å². The van der Waals surface area contributed by atoms with E-state index in [0.717, 1.165) is 0 Å². The Hall–Kier alpha value is -3.10. The molecule has 0 spiro atoms. The molecule has 1 atom stereocenters. The van der Waals surface area contributed by atoms with Crippen LogP contribution < -0.4 is 0 Å². The van der Waals surface area contributed by atoms with E-state index < -0.39 is 24.0 Å². The fraction of sp³-hybridized carbons (Fsp3) is 0.304. The largest absolute Gasteiger partial charge is 0.465 e. The maximum absolute atomic E-state index is 12.2. The number of benzene rings is 2. The van der Waals surface area contributed by atoms with E-state index in [0.29, 0.717) is 16.7 Å². The number of aliphatic hydroxyl groups is 1. The summed E-state index contributed by atoms with van der Waals surface area (Å²) < 4.78 is 10.0. The maximum atomic E-state index is 12.2. The van der Waals surface area contributed by atoms with Crippen molar-refractivity contribution in [3.05, 3.63) is 71.3 Å². The van der Waals surface area contributed by atoms with Crippen LogP contribution in [-0.4, -0.2) is 30.3 Å². The average Bonchev–Trinajstić information content (AvgIpc) is 2.71. The van der Waals surface area contributed by atoms with E-state index in [1.165, 1.54) is 0 Å².